The Morgan fingerprint density at radius 3 is 1.72 bits per heavy atom. The van der Waals surface area contributed by atoms with Gasteiger partial charge < -0.3 is 0 Å². The predicted octanol–water partition coefficient (Wildman–Crippen LogP) is 4.71. The number of sulfonamides is 1. The van der Waals surface area contributed by atoms with Crippen molar-refractivity contribution in [1.29, 1.82) is 10.7 Å². The smallest absolute Gasteiger partial charge is 0.257 e. The summed E-state index contributed by atoms with van der Waals surface area (Å²) in [5.41, 5.74) is 0. The molecule has 0 bridgehead atoms. The Kier molecular flexibility index (Phi) is 12.5. The molecule has 144 valence electrons. The summed E-state index contributed by atoms with van der Waals surface area (Å²) in [5.74, 6) is 2.38. The van der Waals surface area contributed by atoms with Gasteiger partial charge in [0.2, 0.25) is 4.91 Å². The topological polar surface area (TPSA) is 85.0 Å². The van der Waals surface area contributed by atoms with E-state index in [0.717, 1.165) is 51.4 Å². The first-order valence-electron chi connectivity index (χ1n) is 9.60. The molecule has 0 aliphatic heterocycles. The molecule has 0 aromatic rings. The first-order chi connectivity index (χ1) is 11.9. The van der Waals surface area contributed by atoms with Gasteiger partial charge in [-0.1, -0.05) is 66.2 Å². The van der Waals surface area contributed by atoms with E-state index >= 15 is 0 Å². The van der Waals surface area contributed by atoms with Crippen LogP contribution in [0.15, 0.2) is 4.91 Å². The number of rotatable bonds is 14. The van der Waals surface area contributed by atoms with Gasteiger partial charge in [-0.3, -0.25) is 5.41 Å². The van der Waals surface area contributed by atoms with Gasteiger partial charge in [0.1, 0.15) is 6.07 Å². The molecule has 0 heterocycles. The maximum Gasteiger partial charge on any atom is 0.262 e. The number of hydrogen-bond acceptors (Lipinski definition) is 4. The summed E-state index contributed by atoms with van der Waals surface area (Å²) in [4.78, 5) is -0.580. The standard InChI is InChI=1S/C19H35N3O2S/c1-5-9-11-17(7-3)15-22(16-18(8-4)12-10-6-2)25(23,24)19(13-20)14-21/h17-18,20H,5-12,15-16H2,1-4H3. The van der Waals surface area contributed by atoms with Crippen LogP contribution in [-0.4, -0.2) is 31.7 Å². The third kappa shape index (κ3) is 8.18. The summed E-state index contributed by atoms with van der Waals surface area (Å²) in [6.07, 6.45) is 8.11. The van der Waals surface area contributed by atoms with Crippen molar-refractivity contribution in [3.05, 3.63) is 4.91 Å². The molecule has 2 unspecified atom stereocenters. The minimum absolute atomic E-state index is 0.282. The van der Waals surface area contributed by atoms with Crippen LogP contribution < -0.4 is 0 Å². The van der Waals surface area contributed by atoms with Crippen molar-refractivity contribution in [2.45, 2.75) is 79.1 Å². The summed E-state index contributed by atoms with van der Waals surface area (Å²) in [7, 11) is -3.93. The average molecular weight is 370 g/mol. The molecule has 0 saturated carbocycles. The Morgan fingerprint density at radius 2 is 1.44 bits per heavy atom. The van der Waals surface area contributed by atoms with E-state index < -0.39 is 14.9 Å². The molecular formula is C19H35N3O2S. The second kappa shape index (κ2) is 13.1. The average Bonchev–Trinajstić information content (AvgIpc) is 2.61. The first kappa shape index (κ1) is 23.9. The summed E-state index contributed by atoms with van der Waals surface area (Å²) < 4.78 is 27.1. The molecule has 0 spiro atoms. The monoisotopic (exact) mass is 369 g/mol. The summed E-state index contributed by atoms with van der Waals surface area (Å²) >= 11 is 0. The molecule has 1 N–H and O–H groups in total. The van der Waals surface area contributed by atoms with Crippen LogP contribution in [-0.2, 0) is 10.0 Å². The minimum atomic E-state index is -3.93. The van der Waals surface area contributed by atoms with E-state index in [0.29, 0.717) is 13.1 Å². The Morgan fingerprint density at radius 1 is 1.00 bits per heavy atom. The van der Waals surface area contributed by atoms with Crippen molar-refractivity contribution < 1.29 is 8.42 Å². The molecule has 0 aliphatic carbocycles. The van der Waals surface area contributed by atoms with Crippen LogP contribution in [0.2, 0.25) is 0 Å². The molecule has 0 rings (SSSR count). The van der Waals surface area contributed by atoms with Crippen LogP contribution in [0.3, 0.4) is 0 Å². The van der Waals surface area contributed by atoms with E-state index in [4.69, 9.17) is 10.7 Å². The largest absolute Gasteiger partial charge is 0.262 e. The normalized spacial score (nSPS) is 13.9. The van der Waals surface area contributed by atoms with Gasteiger partial charge in [0.25, 0.3) is 10.0 Å². The quantitative estimate of drug-likeness (QED) is 0.355. The van der Waals surface area contributed by atoms with Crippen LogP contribution >= 0.6 is 0 Å². The van der Waals surface area contributed by atoms with Crippen LogP contribution in [0, 0.1) is 28.6 Å². The zero-order valence-corrected chi connectivity index (χ0v) is 17.2. The van der Waals surface area contributed by atoms with E-state index in [2.05, 4.69) is 27.7 Å². The molecule has 0 aromatic carbocycles. The Bertz CT molecular complexity index is 542. The lowest BCUT2D eigenvalue weighted by Crippen LogP contribution is -2.39. The SMILES string of the molecule is CCCCC(CC)CN(CC(CC)CCCC)S(=O)(=O)C(=C=N)C#N. The van der Waals surface area contributed by atoms with Crippen molar-refractivity contribution in [3.8, 4) is 6.07 Å². The summed E-state index contributed by atoms with van der Waals surface area (Å²) in [6, 6.07) is 1.63. The zero-order chi connectivity index (χ0) is 19.3. The fraction of sp³-hybridized carbons (Fsp3) is 0.842. The maximum atomic E-state index is 12.8. The molecule has 25 heavy (non-hydrogen) atoms. The molecule has 0 aliphatic rings. The van der Waals surface area contributed by atoms with Gasteiger partial charge in [-0.25, -0.2) is 8.42 Å². The first-order valence-corrected chi connectivity index (χ1v) is 11.0. The van der Waals surface area contributed by atoms with E-state index in [1.807, 2.05) is 5.87 Å². The molecule has 0 aromatic heterocycles. The van der Waals surface area contributed by atoms with Crippen molar-refractivity contribution >= 4 is 15.9 Å². The van der Waals surface area contributed by atoms with Crippen LogP contribution in [0.5, 0.6) is 0 Å². The van der Waals surface area contributed by atoms with Crippen LogP contribution in [0.1, 0.15) is 79.1 Å². The van der Waals surface area contributed by atoms with E-state index in [9.17, 15) is 8.42 Å². The lowest BCUT2D eigenvalue weighted by atomic mass is 9.97. The van der Waals surface area contributed by atoms with Gasteiger partial charge in [-0.05, 0) is 24.7 Å². The molecule has 0 fully saturated rings. The van der Waals surface area contributed by atoms with E-state index in [-0.39, 0.29) is 11.8 Å². The fourth-order valence-corrected chi connectivity index (χ4v) is 4.28. The second-order valence-electron chi connectivity index (χ2n) is 6.72. The molecule has 2 atom stereocenters. The van der Waals surface area contributed by atoms with E-state index in [1.54, 1.807) is 6.07 Å². The van der Waals surface area contributed by atoms with Crippen molar-refractivity contribution in [2.75, 3.05) is 13.1 Å². The Balaban J connectivity index is 5.49. The van der Waals surface area contributed by atoms with Gasteiger partial charge in [-0.15, -0.1) is 0 Å². The van der Waals surface area contributed by atoms with Crippen molar-refractivity contribution in [1.82, 2.24) is 4.31 Å². The minimum Gasteiger partial charge on any atom is -0.257 e. The highest BCUT2D eigenvalue weighted by atomic mass is 32.2. The fourth-order valence-electron chi connectivity index (χ4n) is 2.96. The third-order valence-electron chi connectivity index (χ3n) is 4.82. The highest BCUT2D eigenvalue weighted by molar-refractivity contribution is 7.93. The molecular weight excluding hydrogens is 334 g/mol. The van der Waals surface area contributed by atoms with Gasteiger partial charge in [0, 0.05) is 19.0 Å². The van der Waals surface area contributed by atoms with Crippen LogP contribution in [0.25, 0.3) is 0 Å². The number of hydrogen-bond donors (Lipinski definition) is 1. The van der Waals surface area contributed by atoms with E-state index in [1.165, 1.54) is 4.31 Å². The number of unbranched alkanes of at least 4 members (excludes halogenated alkanes) is 2. The van der Waals surface area contributed by atoms with Crippen molar-refractivity contribution in [2.24, 2.45) is 11.8 Å². The van der Waals surface area contributed by atoms with Gasteiger partial charge in [0.05, 0.1) is 0 Å². The Labute approximate surface area is 154 Å². The van der Waals surface area contributed by atoms with Gasteiger partial charge >= 0.3 is 0 Å². The molecule has 0 amide bonds. The number of nitriles is 1. The lowest BCUT2D eigenvalue weighted by Gasteiger charge is -2.29. The van der Waals surface area contributed by atoms with Crippen LogP contribution in [0.4, 0.5) is 0 Å². The highest BCUT2D eigenvalue weighted by Crippen LogP contribution is 2.23. The Hall–Kier alpha value is -1.15. The summed E-state index contributed by atoms with van der Waals surface area (Å²) in [5, 5.41) is 16.3. The lowest BCUT2D eigenvalue weighted by molar-refractivity contribution is 0.272. The molecule has 0 radical (unpaired) electrons. The third-order valence-corrected chi connectivity index (χ3v) is 6.51. The highest BCUT2D eigenvalue weighted by Gasteiger charge is 2.30. The van der Waals surface area contributed by atoms with Gasteiger partial charge in [0.15, 0.2) is 0 Å². The zero-order valence-electron chi connectivity index (χ0n) is 16.3. The predicted molar refractivity (Wildman–Crippen MR) is 104 cm³/mol. The van der Waals surface area contributed by atoms with Crippen molar-refractivity contribution in [3.63, 3.8) is 0 Å². The number of nitrogens with zero attached hydrogens (tertiary/aromatic N) is 2. The molecule has 0 saturated heterocycles. The second-order valence-corrected chi connectivity index (χ2v) is 8.60. The number of allylic oxidation sites excluding steroid dienone is 1. The molecule has 5 nitrogen and oxygen atoms in total. The molecule has 6 heteroatoms. The summed E-state index contributed by atoms with van der Waals surface area (Å²) in [6.45, 7) is 9.27. The van der Waals surface area contributed by atoms with Gasteiger partial charge in [-0.2, -0.15) is 9.57 Å². The maximum absolute atomic E-state index is 12.8. The number of nitrogens with one attached hydrogen (secondary N) is 1.